The summed E-state index contributed by atoms with van der Waals surface area (Å²) >= 11 is 0. The van der Waals surface area contributed by atoms with Gasteiger partial charge in [-0.1, -0.05) is 12.1 Å². The van der Waals surface area contributed by atoms with Crippen molar-refractivity contribution in [3.8, 4) is 0 Å². The second-order valence-electron chi connectivity index (χ2n) is 6.10. The van der Waals surface area contributed by atoms with Crippen molar-refractivity contribution >= 4 is 11.5 Å². The first-order chi connectivity index (χ1) is 12.4. The monoisotopic (exact) mass is 355 g/mol. The minimum absolute atomic E-state index is 0.0742. The van der Waals surface area contributed by atoms with Gasteiger partial charge in [-0.3, -0.25) is 4.79 Å². The zero-order valence-corrected chi connectivity index (χ0v) is 14.4. The van der Waals surface area contributed by atoms with E-state index in [-0.39, 0.29) is 29.2 Å². The maximum atomic E-state index is 12.9. The fraction of sp³-hybridized carbons (Fsp3) is 0.211. The Morgan fingerprint density at radius 3 is 2.65 bits per heavy atom. The number of aliphatic hydroxyl groups is 1. The highest BCUT2D eigenvalue weighted by molar-refractivity contribution is 6.05. The van der Waals surface area contributed by atoms with Gasteiger partial charge in [0.2, 0.25) is 11.6 Å². The van der Waals surface area contributed by atoms with E-state index in [1.165, 1.54) is 24.5 Å². The van der Waals surface area contributed by atoms with Crippen LogP contribution in [0.3, 0.4) is 0 Å². The summed E-state index contributed by atoms with van der Waals surface area (Å²) < 4.78 is 20.0. The predicted molar refractivity (Wildman–Crippen MR) is 93.3 cm³/mol. The maximum Gasteiger partial charge on any atom is 0.224 e. The van der Waals surface area contributed by atoms with E-state index >= 15 is 0 Å². The molecule has 3 rings (SSSR count). The lowest BCUT2D eigenvalue weighted by Crippen LogP contribution is -2.02. The number of hydrogen-bond acceptors (Lipinski definition) is 5. The number of aliphatic hydroxyl groups excluding tert-OH is 1. The summed E-state index contributed by atoms with van der Waals surface area (Å²) in [4.78, 5) is 16.2. The Bertz CT molecular complexity index is 939. The van der Waals surface area contributed by atoms with E-state index in [0.29, 0.717) is 12.2 Å². The number of carbonyl (C=O) groups is 1. The standard InChI is InChI=1S/C19H18FN3O3/c1-12(2)23-11-21-19(22-23)17(25)10-16(24)18-8-7-15(26-18)9-13-3-5-14(20)6-4-13/h3-8,10-12,25H,9H2,1-2H3/b17-10-. The number of aromatic nitrogens is 3. The molecule has 6 nitrogen and oxygen atoms in total. The van der Waals surface area contributed by atoms with Gasteiger partial charge in [0, 0.05) is 18.5 Å². The molecular weight excluding hydrogens is 337 g/mol. The van der Waals surface area contributed by atoms with Crippen LogP contribution in [0.4, 0.5) is 4.39 Å². The molecule has 1 N–H and O–H groups in total. The molecule has 0 fully saturated rings. The third kappa shape index (κ3) is 4.05. The number of hydrogen-bond donors (Lipinski definition) is 1. The Morgan fingerprint density at radius 1 is 1.27 bits per heavy atom. The van der Waals surface area contributed by atoms with Gasteiger partial charge in [-0.25, -0.2) is 14.1 Å². The number of furan rings is 1. The molecule has 3 aromatic rings. The van der Waals surface area contributed by atoms with E-state index in [9.17, 15) is 14.3 Å². The third-order valence-corrected chi connectivity index (χ3v) is 3.73. The molecule has 7 heteroatoms. The molecule has 2 heterocycles. The molecule has 0 saturated carbocycles. The summed E-state index contributed by atoms with van der Waals surface area (Å²) in [6.07, 6.45) is 2.95. The minimum atomic E-state index is -0.492. The van der Waals surface area contributed by atoms with Crippen LogP contribution in [0.1, 0.15) is 47.6 Å². The van der Waals surface area contributed by atoms with Crippen molar-refractivity contribution in [1.82, 2.24) is 14.8 Å². The van der Waals surface area contributed by atoms with Crippen molar-refractivity contribution in [2.24, 2.45) is 0 Å². The lowest BCUT2D eigenvalue weighted by atomic mass is 10.1. The van der Waals surface area contributed by atoms with Crippen molar-refractivity contribution in [3.05, 3.63) is 77.5 Å². The van der Waals surface area contributed by atoms with Crippen LogP contribution in [0.15, 0.2) is 53.2 Å². The highest BCUT2D eigenvalue weighted by Crippen LogP contribution is 2.16. The zero-order chi connectivity index (χ0) is 18.7. The van der Waals surface area contributed by atoms with Crippen molar-refractivity contribution in [2.75, 3.05) is 0 Å². The van der Waals surface area contributed by atoms with Gasteiger partial charge >= 0.3 is 0 Å². The van der Waals surface area contributed by atoms with E-state index < -0.39 is 5.78 Å². The zero-order valence-electron chi connectivity index (χ0n) is 14.4. The van der Waals surface area contributed by atoms with Gasteiger partial charge in [0.25, 0.3) is 0 Å². The first-order valence-corrected chi connectivity index (χ1v) is 8.12. The van der Waals surface area contributed by atoms with Crippen molar-refractivity contribution in [3.63, 3.8) is 0 Å². The van der Waals surface area contributed by atoms with E-state index in [0.717, 1.165) is 11.6 Å². The average Bonchev–Trinajstić information content (AvgIpc) is 3.26. The second kappa shape index (κ2) is 7.35. The molecule has 0 aliphatic carbocycles. The van der Waals surface area contributed by atoms with Crippen molar-refractivity contribution in [1.29, 1.82) is 0 Å². The fourth-order valence-electron chi connectivity index (χ4n) is 2.31. The highest BCUT2D eigenvalue weighted by Gasteiger charge is 2.14. The summed E-state index contributed by atoms with van der Waals surface area (Å²) in [6.45, 7) is 3.85. The molecular formula is C19H18FN3O3. The van der Waals surface area contributed by atoms with Crippen LogP contribution in [0.2, 0.25) is 0 Å². The SMILES string of the molecule is CC(C)n1cnc(/C(O)=C/C(=O)c2ccc(Cc3ccc(F)cc3)o2)n1. The molecule has 26 heavy (non-hydrogen) atoms. The van der Waals surface area contributed by atoms with Gasteiger partial charge < -0.3 is 9.52 Å². The molecule has 0 unspecified atom stereocenters. The molecule has 0 bridgehead atoms. The molecule has 0 saturated heterocycles. The van der Waals surface area contributed by atoms with E-state index in [2.05, 4.69) is 10.1 Å². The van der Waals surface area contributed by atoms with Crippen molar-refractivity contribution in [2.45, 2.75) is 26.3 Å². The molecule has 0 spiro atoms. The minimum Gasteiger partial charge on any atom is -0.504 e. The van der Waals surface area contributed by atoms with Crippen LogP contribution in [0.25, 0.3) is 5.76 Å². The Kier molecular flexibility index (Phi) is 4.97. The van der Waals surface area contributed by atoms with Gasteiger partial charge in [0.1, 0.15) is 17.9 Å². The maximum absolute atomic E-state index is 12.9. The van der Waals surface area contributed by atoms with Gasteiger partial charge in [-0.05, 0) is 43.7 Å². The second-order valence-corrected chi connectivity index (χ2v) is 6.10. The van der Waals surface area contributed by atoms with Crippen molar-refractivity contribution < 1.29 is 18.7 Å². The average molecular weight is 355 g/mol. The number of rotatable bonds is 6. The van der Waals surface area contributed by atoms with Crippen LogP contribution >= 0.6 is 0 Å². The summed E-state index contributed by atoms with van der Waals surface area (Å²) in [6, 6.07) is 9.35. The quantitative estimate of drug-likeness (QED) is 0.411. The van der Waals surface area contributed by atoms with Gasteiger partial charge in [0.15, 0.2) is 11.5 Å². The normalized spacial score (nSPS) is 11.9. The Balaban J connectivity index is 1.71. The number of benzene rings is 1. The molecule has 0 aliphatic rings. The van der Waals surface area contributed by atoms with Crippen LogP contribution in [0, 0.1) is 5.82 Å². The summed E-state index contributed by atoms with van der Waals surface area (Å²) in [5.41, 5.74) is 0.863. The predicted octanol–water partition coefficient (Wildman–Crippen LogP) is 3.96. The van der Waals surface area contributed by atoms with E-state index in [1.807, 2.05) is 13.8 Å². The lowest BCUT2D eigenvalue weighted by molar-refractivity contribution is 0.101. The molecule has 0 aliphatic heterocycles. The number of ketones is 1. The summed E-state index contributed by atoms with van der Waals surface area (Å²) in [7, 11) is 0. The number of halogens is 1. The molecule has 1 aromatic carbocycles. The van der Waals surface area contributed by atoms with Gasteiger partial charge in [-0.15, -0.1) is 5.10 Å². The highest BCUT2D eigenvalue weighted by atomic mass is 19.1. The van der Waals surface area contributed by atoms with Gasteiger partial charge in [-0.2, -0.15) is 0 Å². The topological polar surface area (TPSA) is 81.1 Å². The largest absolute Gasteiger partial charge is 0.504 e. The van der Waals surface area contributed by atoms with Crippen LogP contribution in [-0.2, 0) is 6.42 Å². The summed E-state index contributed by atoms with van der Waals surface area (Å²) in [5.74, 6) is -0.394. The Labute approximate surface area is 149 Å². The molecule has 0 amide bonds. The molecule has 2 aromatic heterocycles. The first kappa shape index (κ1) is 17.6. The summed E-state index contributed by atoms with van der Waals surface area (Å²) in [5, 5.41) is 14.1. The Hall–Kier alpha value is -3.22. The molecule has 0 atom stereocenters. The first-order valence-electron chi connectivity index (χ1n) is 8.12. The van der Waals surface area contributed by atoms with Crippen LogP contribution < -0.4 is 0 Å². The van der Waals surface area contributed by atoms with Crippen LogP contribution in [-0.4, -0.2) is 25.7 Å². The number of allylic oxidation sites excluding steroid dienone is 1. The van der Waals surface area contributed by atoms with Crippen LogP contribution in [0.5, 0.6) is 0 Å². The molecule has 0 radical (unpaired) electrons. The lowest BCUT2D eigenvalue weighted by Gasteiger charge is -2.01. The smallest absolute Gasteiger partial charge is 0.224 e. The number of carbonyl (C=O) groups excluding carboxylic acids is 1. The third-order valence-electron chi connectivity index (χ3n) is 3.73. The van der Waals surface area contributed by atoms with E-state index in [4.69, 9.17) is 4.42 Å². The fourth-order valence-corrected chi connectivity index (χ4v) is 2.31. The molecule has 134 valence electrons. The Morgan fingerprint density at radius 2 is 2.00 bits per heavy atom. The number of nitrogens with zero attached hydrogens (tertiary/aromatic N) is 3. The van der Waals surface area contributed by atoms with E-state index in [1.54, 1.807) is 22.9 Å². The van der Waals surface area contributed by atoms with Gasteiger partial charge in [0.05, 0.1) is 0 Å².